The van der Waals surface area contributed by atoms with E-state index >= 15 is 0 Å². The molecule has 0 N–H and O–H groups in total. The van der Waals surface area contributed by atoms with Crippen LogP contribution in [0.2, 0.25) is 0 Å². The molecule has 0 aliphatic carbocycles. The van der Waals surface area contributed by atoms with E-state index in [0.29, 0.717) is 0 Å². The van der Waals surface area contributed by atoms with Crippen LogP contribution in [-0.2, 0) is 14.3 Å². The van der Waals surface area contributed by atoms with Gasteiger partial charge in [0.05, 0.1) is 0 Å². The van der Waals surface area contributed by atoms with Gasteiger partial charge in [0.25, 0.3) is 0 Å². The summed E-state index contributed by atoms with van der Waals surface area (Å²) in [6, 6.07) is 0. The van der Waals surface area contributed by atoms with Gasteiger partial charge in [0.2, 0.25) is 6.29 Å². The number of rotatable bonds is 1. The van der Waals surface area contributed by atoms with Crippen LogP contribution >= 0.6 is 0 Å². The van der Waals surface area contributed by atoms with Crippen LogP contribution in [0.5, 0.6) is 0 Å². The Kier molecular flexibility index (Phi) is 5.44. The van der Waals surface area contributed by atoms with Gasteiger partial charge in [-0.1, -0.05) is 41.5 Å². The van der Waals surface area contributed by atoms with Crippen molar-refractivity contribution in [1.29, 1.82) is 0 Å². The molecular weight excluding hydrogens is 309 g/mol. The van der Waals surface area contributed by atoms with Crippen LogP contribution in [0.1, 0.15) is 48.5 Å². The van der Waals surface area contributed by atoms with Crippen molar-refractivity contribution in [3.8, 4) is 0 Å². The maximum absolute atomic E-state index is 13.3. The Labute approximate surface area is 135 Å². The van der Waals surface area contributed by atoms with Crippen molar-refractivity contribution in [2.45, 2.75) is 67.0 Å². The first-order valence-corrected chi connectivity index (χ1v) is 7.50. The third-order valence-corrected chi connectivity index (χ3v) is 3.73. The fourth-order valence-corrected chi connectivity index (χ4v) is 1.80. The molecule has 1 saturated heterocycles. The number of hydrogen-bond donors (Lipinski definition) is 0. The summed E-state index contributed by atoms with van der Waals surface area (Å²) in [5.74, 6) is -2.49. The Morgan fingerprint density at radius 3 is 2.04 bits per heavy atom. The SMILES string of the molecule is CC(=C=C[C@H]1C(=O)O[C@H](C(C)(C)C)O[C@@H]1C(F)(F)F)C(C)(C)C. The molecule has 23 heavy (non-hydrogen) atoms. The lowest BCUT2D eigenvalue weighted by molar-refractivity contribution is -0.316. The molecule has 0 aromatic carbocycles. The first kappa shape index (κ1) is 19.8. The van der Waals surface area contributed by atoms with E-state index < -0.39 is 35.9 Å². The molecule has 132 valence electrons. The number of carbonyl (C=O) groups excluding carboxylic acids is 1. The Morgan fingerprint density at radius 1 is 1.13 bits per heavy atom. The van der Waals surface area contributed by atoms with E-state index in [4.69, 9.17) is 9.47 Å². The van der Waals surface area contributed by atoms with Crippen LogP contribution in [0.15, 0.2) is 17.4 Å². The topological polar surface area (TPSA) is 35.5 Å². The largest absolute Gasteiger partial charge is 0.435 e. The van der Waals surface area contributed by atoms with Crippen LogP contribution in [-0.4, -0.2) is 24.5 Å². The maximum atomic E-state index is 13.3. The second kappa shape index (κ2) is 6.33. The number of carbonyl (C=O) groups is 1. The molecule has 1 rings (SSSR count). The molecule has 0 amide bonds. The van der Waals surface area contributed by atoms with Gasteiger partial charge in [-0.2, -0.15) is 13.2 Å². The molecule has 1 fully saturated rings. The molecule has 0 unspecified atom stereocenters. The summed E-state index contributed by atoms with van der Waals surface area (Å²) >= 11 is 0. The normalized spacial score (nSPS) is 26.3. The van der Waals surface area contributed by atoms with E-state index in [-0.39, 0.29) is 5.41 Å². The van der Waals surface area contributed by atoms with E-state index in [1.54, 1.807) is 27.7 Å². The molecule has 0 bridgehead atoms. The molecule has 0 radical (unpaired) electrons. The average molecular weight is 334 g/mol. The van der Waals surface area contributed by atoms with Crippen LogP contribution < -0.4 is 0 Å². The number of halogens is 3. The van der Waals surface area contributed by atoms with Crippen molar-refractivity contribution in [2.24, 2.45) is 16.7 Å². The highest BCUT2D eigenvalue weighted by Gasteiger charge is 2.54. The number of alkyl halides is 3. The zero-order valence-corrected chi connectivity index (χ0v) is 14.7. The quantitative estimate of drug-likeness (QED) is 0.518. The van der Waals surface area contributed by atoms with Gasteiger partial charge in [-0.05, 0) is 24.0 Å². The zero-order valence-electron chi connectivity index (χ0n) is 14.7. The van der Waals surface area contributed by atoms with Gasteiger partial charge in [-0.15, -0.1) is 5.73 Å². The molecule has 0 aromatic rings. The molecule has 6 heteroatoms. The number of cyclic esters (lactones) is 1. The second-order valence-corrected chi connectivity index (χ2v) is 7.94. The molecule has 0 aromatic heterocycles. The predicted molar refractivity (Wildman–Crippen MR) is 80.5 cm³/mol. The molecule has 1 aliphatic heterocycles. The Balaban J connectivity index is 3.21. The Morgan fingerprint density at radius 2 is 1.65 bits per heavy atom. The van der Waals surface area contributed by atoms with Crippen molar-refractivity contribution >= 4 is 5.97 Å². The first-order valence-electron chi connectivity index (χ1n) is 7.50. The molecule has 0 saturated carbocycles. The minimum atomic E-state index is -4.67. The van der Waals surface area contributed by atoms with E-state index in [1.165, 1.54) is 0 Å². The fraction of sp³-hybridized carbons (Fsp3) is 0.765. The molecular formula is C17H25F3O3. The maximum Gasteiger partial charge on any atom is 0.415 e. The monoisotopic (exact) mass is 334 g/mol. The predicted octanol–water partition coefficient (Wildman–Crippen LogP) is 4.63. The highest BCUT2D eigenvalue weighted by molar-refractivity contribution is 5.76. The van der Waals surface area contributed by atoms with Crippen molar-refractivity contribution < 1.29 is 27.4 Å². The molecule has 1 heterocycles. The van der Waals surface area contributed by atoms with Gasteiger partial charge >= 0.3 is 12.1 Å². The van der Waals surface area contributed by atoms with Gasteiger partial charge in [0.15, 0.2) is 6.10 Å². The standard InChI is InChI=1S/C17H25F3O3/c1-10(15(2,3)4)8-9-11-12(17(18,19)20)22-14(16(5,6)7)23-13(11)21/h9,11-12,14H,1-7H3/t8?,11-,12+,14-/m1/s1. The van der Waals surface area contributed by atoms with Crippen LogP contribution in [0.25, 0.3) is 0 Å². The smallest absolute Gasteiger partial charge is 0.415 e. The van der Waals surface area contributed by atoms with Crippen LogP contribution in [0.3, 0.4) is 0 Å². The fourth-order valence-electron chi connectivity index (χ4n) is 1.80. The lowest BCUT2D eigenvalue weighted by Gasteiger charge is -2.40. The summed E-state index contributed by atoms with van der Waals surface area (Å²) in [5, 5.41) is 0. The molecule has 3 atom stereocenters. The Bertz CT molecular complexity index is 515. The third kappa shape index (κ3) is 5.11. The van der Waals surface area contributed by atoms with Crippen molar-refractivity contribution in [2.75, 3.05) is 0 Å². The highest BCUT2D eigenvalue weighted by atomic mass is 19.4. The van der Waals surface area contributed by atoms with E-state index in [0.717, 1.165) is 11.6 Å². The number of ether oxygens (including phenoxy) is 2. The van der Waals surface area contributed by atoms with Crippen molar-refractivity contribution in [1.82, 2.24) is 0 Å². The van der Waals surface area contributed by atoms with E-state index in [2.05, 4.69) is 5.73 Å². The highest BCUT2D eigenvalue weighted by Crippen LogP contribution is 2.38. The minimum Gasteiger partial charge on any atom is -0.435 e. The van der Waals surface area contributed by atoms with Crippen molar-refractivity contribution in [3.63, 3.8) is 0 Å². The summed E-state index contributed by atoms with van der Waals surface area (Å²) in [4.78, 5) is 12.1. The molecule has 0 spiro atoms. The second-order valence-electron chi connectivity index (χ2n) is 7.94. The summed E-state index contributed by atoms with van der Waals surface area (Å²) in [7, 11) is 0. The molecule has 3 nitrogen and oxygen atoms in total. The van der Waals surface area contributed by atoms with Gasteiger partial charge in [-0.25, -0.2) is 0 Å². The first-order chi connectivity index (χ1) is 10.1. The van der Waals surface area contributed by atoms with Crippen LogP contribution in [0.4, 0.5) is 13.2 Å². The number of hydrogen-bond acceptors (Lipinski definition) is 3. The van der Waals surface area contributed by atoms with E-state index in [1.807, 2.05) is 20.8 Å². The van der Waals surface area contributed by atoms with Crippen LogP contribution in [0, 0.1) is 16.7 Å². The third-order valence-electron chi connectivity index (χ3n) is 3.73. The summed E-state index contributed by atoms with van der Waals surface area (Å²) in [6.07, 6.45) is -7.02. The van der Waals surface area contributed by atoms with Crippen molar-refractivity contribution in [3.05, 3.63) is 17.4 Å². The van der Waals surface area contributed by atoms with Gasteiger partial charge in [-0.3, -0.25) is 4.79 Å². The summed E-state index contributed by atoms with van der Waals surface area (Å²) < 4.78 is 50.0. The minimum absolute atomic E-state index is 0.252. The summed E-state index contributed by atoms with van der Waals surface area (Å²) in [5.41, 5.74) is 2.53. The zero-order chi connectivity index (χ0) is 18.2. The van der Waals surface area contributed by atoms with E-state index in [9.17, 15) is 18.0 Å². The lowest BCUT2D eigenvalue weighted by atomic mass is 9.87. The number of esters is 1. The van der Waals surface area contributed by atoms with Gasteiger partial charge in [0, 0.05) is 5.41 Å². The summed E-state index contributed by atoms with van der Waals surface area (Å²) in [6.45, 7) is 12.4. The van der Waals surface area contributed by atoms with Gasteiger partial charge in [0.1, 0.15) is 5.92 Å². The average Bonchev–Trinajstić information content (AvgIpc) is 2.32. The molecule has 1 aliphatic rings. The lowest BCUT2D eigenvalue weighted by Crippen LogP contribution is -2.53. The van der Waals surface area contributed by atoms with Gasteiger partial charge < -0.3 is 9.47 Å². The Hall–Kier alpha value is -1.26.